The quantitative estimate of drug-likeness (QED) is 0.129. The van der Waals surface area contributed by atoms with Gasteiger partial charge in [-0.25, -0.2) is 0 Å². The lowest BCUT2D eigenvalue weighted by Gasteiger charge is -2.32. The summed E-state index contributed by atoms with van der Waals surface area (Å²) in [6, 6.07) is 31.8. The Morgan fingerprint density at radius 2 is 0.949 bits per heavy atom. The van der Waals surface area contributed by atoms with Crippen molar-refractivity contribution in [2.24, 2.45) is 0 Å². The third kappa shape index (κ3) is 5.17. The standard InChI is InChI=1S/C36H42O2Si/c1-5-7-15-21-37-31-23-27(3)25-33-35(31)36-32(38-22-16-8-6-2)24-28(4)26-34(36)39(33,29-17-11-9-12-18-29)30-19-13-10-14-20-30/h9-14,17-20,23-26H,5-8,15-16,21-22H2,1-4H3. The van der Waals surface area contributed by atoms with Crippen LogP contribution in [0.25, 0.3) is 11.1 Å². The molecule has 202 valence electrons. The highest BCUT2D eigenvalue weighted by Crippen LogP contribution is 2.42. The van der Waals surface area contributed by atoms with Crippen molar-refractivity contribution in [1.29, 1.82) is 0 Å². The van der Waals surface area contributed by atoms with Crippen molar-refractivity contribution in [2.45, 2.75) is 66.2 Å². The average Bonchev–Trinajstić information content (AvgIpc) is 3.24. The zero-order valence-corrected chi connectivity index (χ0v) is 25.1. The Hall–Kier alpha value is -3.30. The van der Waals surface area contributed by atoms with Crippen LogP contribution >= 0.6 is 0 Å². The molecule has 4 aromatic carbocycles. The van der Waals surface area contributed by atoms with E-state index >= 15 is 0 Å². The molecule has 4 aromatic rings. The second kappa shape index (κ2) is 12.3. The first kappa shape index (κ1) is 27.3. The third-order valence-corrected chi connectivity index (χ3v) is 12.8. The number of aryl methyl sites for hydroxylation is 2. The number of rotatable bonds is 12. The van der Waals surface area contributed by atoms with Crippen LogP contribution in [0.3, 0.4) is 0 Å². The number of fused-ring (bicyclic) bond motifs is 3. The fourth-order valence-electron chi connectivity index (χ4n) is 6.22. The maximum atomic E-state index is 6.65. The van der Waals surface area contributed by atoms with E-state index in [-0.39, 0.29) is 0 Å². The Balaban J connectivity index is 1.82. The van der Waals surface area contributed by atoms with Gasteiger partial charge in [0.25, 0.3) is 0 Å². The molecule has 0 spiro atoms. The number of ether oxygens (including phenoxy) is 2. The van der Waals surface area contributed by atoms with Crippen molar-refractivity contribution >= 4 is 28.8 Å². The van der Waals surface area contributed by atoms with Crippen LogP contribution in [0.15, 0.2) is 84.9 Å². The van der Waals surface area contributed by atoms with E-state index in [1.54, 1.807) is 0 Å². The highest BCUT2D eigenvalue weighted by atomic mass is 28.3. The molecule has 1 aliphatic rings. The number of hydrogen-bond donors (Lipinski definition) is 0. The van der Waals surface area contributed by atoms with Crippen LogP contribution in [0.5, 0.6) is 11.5 Å². The van der Waals surface area contributed by atoms with Gasteiger partial charge in [0.15, 0.2) is 8.07 Å². The van der Waals surface area contributed by atoms with E-state index in [1.807, 2.05) is 0 Å². The molecule has 0 aromatic heterocycles. The predicted octanol–water partition coefficient (Wildman–Crippen LogP) is 6.80. The SMILES string of the molecule is CCCCCOc1cc(C)cc2c1-c1c(OCCCCC)cc(C)cc1[Si]2(c1ccccc1)c1ccccc1. The first-order chi connectivity index (χ1) is 19.1. The summed E-state index contributed by atoms with van der Waals surface area (Å²) in [5, 5.41) is 5.65. The third-order valence-electron chi connectivity index (χ3n) is 7.98. The molecule has 0 bridgehead atoms. The topological polar surface area (TPSA) is 18.5 Å². The van der Waals surface area contributed by atoms with Gasteiger partial charge in [0.1, 0.15) is 11.5 Å². The molecule has 0 fully saturated rings. The van der Waals surface area contributed by atoms with Gasteiger partial charge in [0.2, 0.25) is 0 Å². The van der Waals surface area contributed by atoms with Gasteiger partial charge in [-0.3, -0.25) is 0 Å². The van der Waals surface area contributed by atoms with Crippen LogP contribution in [-0.4, -0.2) is 21.3 Å². The lowest BCUT2D eigenvalue weighted by molar-refractivity contribution is 0.303. The molecule has 0 saturated heterocycles. The summed E-state index contributed by atoms with van der Waals surface area (Å²) in [6.45, 7) is 10.4. The monoisotopic (exact) mass is 534 g/mol. The van der Waals surface area contributed by atoms with Gasteiger partial charge in [-0.05, 0) is 70.7 Å². The average molecular weight is 535 g/mol. The van der Waals surface area contributed by atoms with E-state index in [4.69, 9.17) is 9.47 Å². The fourth-order valence-corrected chi connectivity index (χ4v) is 11.6. The Bertz CT molecular complexity index is 1290. The van der Waals surface area contributed by atoms with E-state index in [0.717, 1.165) is 37.6 Å². The Morgan fingerprint density at radius 3 is 1.33 bits per heavy atom. The minimum atomic E-state index is -2.62. The van der Waals surface area contributed by atoms with Gasteiger partial charge in [0.05, 0.1) is 13.2 Å². The second-order valence-electron chi connectivity index (χ2n) is 11.0. The summed E-state index contributed by atoms with van der Waals surface area (Å²) in [7, 11) is -2.62. The lowest BCUT2D eigenvalue weighted by atomic mass is 10.0. The molecule has 0 amide bonds. The minimum Gasteiger partial charge on any atom is -0.493 e. The summed E-state index contributed by atoms with van der Waals surface area (Å²) in [4.78, 5) is 0. The summed E-state index contributed by atoms with van der Waals surface area (Å²) in [6.07, 6.45) is 6.88. The van der Waals surface area contributed by atoms with Gasteiger partial charge in [0, 0.05) is 11.1 Å². The Labute approximate surface area is 236 Å². The molecule has 2 nitrogen and oxygen atoms in total. The fraction of sp³-hybridized carbons (Fsp3) is 0.333. The highest BCUT2D eigenvalue weighted by Gasteiger charge is 2.51. The highest BCUT2D eigenvalue weighted by molar-refractivity contribution is 7.22. The van der Waals surface area contributed by atoms with Crippen LogP contribution in [0.2, 0.25) is 0 Å². The van der Waals surface area contributed by atoms with Crippen molar-refractivity contribution in [3.63, 3.8) is 0 Å². The molecule has 1 aliphatic heterocycles. The number of benzene rings is 4. The molecule has 1 heterocycles. The van der Waals surface area contributed by atoms with E-state index < -0.39 is 8.07 Å². The van der Waals surface area contributed by atoms with Gasteiger partial charge in [-0.2, -0.15) is 0 Å². The van der Waals surface area contributed by atoms with Crippen LogP contribution in [0.1, 0.15) is 63.5 Å². The molecule has 0 aliphatic carbocycles. The van der Waals surface area contributed by atoms with Gasteiger partial charge in [-0.1, -0.05) is 112 Å². The molecule has 39 heavy (non-hydrogen) atoms. The van der Waals surface area contributed by atoms with Gasteiger partial charge in [-0.15, -0.1) is 0 Å². The maximum Gasteiger partial charge on any atom is 0.181 e. The Morgan fingerprint density at radius 1 is 0.538 bits per heavy atom. The van der Waals surface area contributed by atoms with Crippen molar-refractivity contribution < 1.29 is 9.47 Å². The van der Waals surface area contributed by atoms with E-state index in [2.05, 4.69) is 113 Å². The van der Waals surface area contributed by atoms with E-state index in [9.17, 15) is 0 Å². The van der Waals surface area contributed by atoms with Crippen LogP contribution in [-0.2, 0) is 0 Å². The molecule has 0 radical (unpaired) electrons. The lowest BCUT2D eigenvalue weighted by Crippen LogP contribution is -2.72. The van der Waals surface area contributed by atoms with Gasteiger partial charge >= 0.3 is 0 Å². The molecule has 5 rings (SSSR count). The Kier molecular flexibility index (Phi) is 8.57. The van der Waals surface area contributed by atoms with E-state index in [1.165, 1.54) is 68.7 Å². The molecule has 0 atom stereocenters. The first-order valence-corrected chi connectivity index (χ1v) is 16.8. The predicted molar refractivity (Wildman–Crippen MR) is 169 cm³/mol. The van der Waals surface area contributed by atoms with E-state index in [0.29, 0.717) is 0 Å². The van der Waals surface area contributed by atoms with Crippen molar-refractivity contribution in [2.75, 3.05) is 13.2 Å². The molecule has 0 saturated carbocycles. The molecule has 0 unspecified atom stereocenters. The minimum absolute atomic E-state index is 0.739. The second-order valence-corrected chi connectivity index (χ2v) is 14.7. The van der Waals surface area contributed by atoms with Gasteiger partial charge < -0.3 is 9.47 Å². The van der Waals surface area contributed by atoms with Crippen LogP contribution in [0, 0.1) is 13.8 Å². The molecular weight excluding hydrogens is 492 g/mol. The van der Waals surface area contributed by atoms with Crippen molar-refractivity contribution in [3.8, 4) is 22.6 Å². The summed E-state index contributed by atoms with van der Waals surface area (Å²) >= 11 is 0. The zero-order valence-electron chi connectivity index (χ0n) is 24.1. The smallest absolute Gasteiger partial charge is 0.181 e. The first-order valence-electron chi connectivity index (χ1n) is 14.8. The number of hydrogen-bond acceptors (Lipinski definition) is 2. The summed E-state index contributed by atoms with van der Waals surface area (Å²) in [5.41, 5.74) is 4.99. The summed E-state index contributed by atoms with van der Waals surface area (Å²) < 4.78 is 13.3. The molecule has 3 heteroatoms. The zero-order chi connectivity index (χ0) is 27.2. The van der Waals surface area contributed by atoms with Crippen LogP contribution < -0.4 is 30.2 Å². The molecule has 0 N–H and O–H groups in total. The summed E-state index contributed by atoms with van der Waals surface area (Å²) in [5.74, 6) is 2.01. The molecular formula is C36H42O2Si. The largest absolute Gasteiger partial charge is 0.493 e. The van der Waals surface area contributed by atoms with Crippen molar-refractivity contribution in [1.82, 2.24) is 0 Å². The van der Waals surface area contributed by atoms with Crippen molar-refractivity contribution in [3.05, 3.63) is 96.1 Å². The maximum absolute atomic E-state index is 6.65. The number of unbranched alkanes of at least 4 members (excludes halogenated alkanes) is 4. The van der Waals surface area contributed by atoms with Crippen LogP contribution in [0.4, 0.5) is 0 Å². The normalized spacial score (nSPS) is 13.1.